The van der Waals surface area contributed by atoms with Crippen LogP contribution in [0.25, 0.3) is 22.4 Å². The van der Waals surface area contributed by atoms with Crippen molar-refractivity contribution in [2.45, 2.75) is 32.5 Å². The van der Waals surface area contributed by atoms with Crippen LogP contribution >= 0.6 is 0 Å². The number of hydrogen-bond acceptors (Lipinski definition) is 3. The second-order valence-corrected chi connectivity index (χ2v) is 7.71. The Balaban J connectivity index is 1.40. The Morgan fingerprint density at radius 1 is 1.04 bits per heavy atom. The van der Waals surface area contributed by atoms with Crippen molar-refractivity contribution in [1.82, 2.24) is 14.9 Å². The van der Waals surface area contributed by atoms with Gasteiger partial charge in [0.2, 0.25) is 0 Å². The lowest BCUT2D eigenvalue weighted by molar-refractivity contribution is 0.175. The highest BCUT2D eigenvalue weighted by atomic mass is 16.3. The molecule has 0 saturated carbocycles. The van der Waals surface area contributed by atoms with Gasteiger partial charge in [0.1, 0.15) is 11.6 Å². The van der Waals surface area contributed by atoms with Gasteiger partial charge in [0.05, 0.1) is 11.0 Å². The molecule has 3 aromatic carbocycles. The topological polar surface area (TPSA) is 52.1 Å². The average Bonchev–Trinajstić information content (AvgIpc) is 3.13. The molecule has 0 aliphatic carbocycles. The number of para-hydroxylation sites is 2. The maximum atomic E-state index is 9.74. The molecule has 4 heteroatoms. The molecule has 0 spiro atoms. The molecule has 1 aliphatic rings. The van der Waals surface area contributed by atoms with Crippen molar-refractivity contribution in [3.8, 4) is 17.1 Å². The zero-order chi connectivity index (χ0) is 19.1. The first kappa shape index (κ1) is 17.0. The van der Waals surface area contributed by atoms with Gasteiger partial charge in [0.15, 0.2) is 0 Å². The molecule has 28 heavy (non-hydrogen) atoms. The van der Waals surface area contributed by atoms with Crippen LogP contribution in [0, 0.1) is 0 Å². The second kappa shape index (κ2) is 6.80. The number of nitrogens with zero attached hydrogens (tertiary/aromatic N) is 2. The Kier molecular flexibility index (Phi) is 4.14. The van der Waals surface area contributed by atoms with E-state index < -0.39 is 0 Å². The molecular weight excluding hydrogens is 346 g/mol. The number of hydrogen-bond donors (Lipinski definition) is 2. The van der Waals surface area contributed by atoms with E-state index >= 15 is 0 Å². The van der Waals surface area contributed by atoms with Gasteiger partial charge < -0.3 is 10.1 Å². The maximum absolute atomic E-state index is 9.74. The number of fused-ring (bicyclic) bond motifs is 2. The molecule has 0 fully saturated rings. The highest BCUT2D eigenvalue weighted by molar-refractivity contribution is 5.79. The van der Waals surface area contributed by atoms with Gasteiger partial charge >= 0.3 is 0 Å². The van der Waals surface area contributed by atoms with Gasteiger partial charge in [-0.1, -0.05) is 36.4 Å². The third kappa shape index (κ3) is 3.16. The third-order valence-corrected chi connectivity index (χ3v) is 5.68. The summed E-state index contributed by atoms with van der Waals surface area (Å²) < 4.78 is 0. The lowest BCUT2D eigenvalue weighted by Crippen LogP contribution is -2.37. The largest absolute Gasteiger partial charge is 0.508 e. The fourth-order valence-corrected chi connectivity index (χ4v) is 4.13. The number of imidazole rings is 1. The minimum atomic E-state index is 0.359. The Morgan fingerprint density at radius 3 is 2.82 bits per heavy atom. The van der Waals surface area contributed by atoms with Gasteiger partial charge in [-0.2, -0.15) is 0 Å². The molecule has 4 nitrogen and oxygen atoms in total. The van der Waals surface area contributed by atoms with Gasteiger partial charge in [-0.15, -0.1) is 0 Å². The van der Waals surface area contributed by atoms with Crippen LogP contribution in [-0.2, 0) is 19.5 Å². The van der Waals surface area contributed by atoms with Crippen molar-refractivity contribution in [3.63, 3.8) is 0 Å². The molecule has 0 amide bonds. The zero-order valence-corrected chi connectivity index (χ0v) is 15.9. The van der Waals surface area contributed by atoms with Gasteiger partial charge in [-0.25, -0.2) is 4.98 Å². The van der Waals surface area contributed by atoms with Crippen LogP contribution in [-0.4, -0.2) is 26.0 Å². The minimum Gasteiger partial charge on any atom is -0.508 e. The number of aromatic nitrogens is 2. The molecule has 140 valence electrons. The molecule has 2 heterocycles. The highest BCUT2D eigenvalue weighted by Crippen LogP contribution is 2.28. The smallest absolute Gasteiger partial charge is 0.138 e. The molecule has 1 aliphatic heterocycles. The van der Waals surface area contributed by atoms with Gasteiger partial charge in [-0.05, 0) is 60.4 Å². The van der Waals surface area contributed by atoms with Crippen molar-refractivity contribution in [1.29, 1.82) is 0 Å². The predicted molar refractivity (Wildman–Crippen MR) is 112 cm³/mol. The molecule has 5 rings (SSSR count). The van der Waals surface area contributed by atoms with Gasteiger partial charge in [0, 0.05) is 24.7 Å². The molecule has 0 saturated heterocycles. The SMILES string of the molecule is CC1Cc2cc(O)ccc2CN1Cc1cccc(-c2nc3ccccc3[nH]2)c1. The summed E-state index contributed by atoms with van der Waals surface area (Å²) in [5.74, 6) is 1.27. The number of phenolic OH excluding ortho intramolecular Hbond substituents is 1. The van der Waals surface area contributed by atoms with Crippen molar-refractivity contribution >= 4 is 11.0 Å². The summed E-state index contributed by atoms with van der Waals surface area (Å²) in [6.45, 7) is 4.07. The van der Waals surface area contributed by atoms with Crippen LogP contribution in [0.2, 0.25) is 0 Å². The van der Waals surface area contributed by atoms with Crippen LogP contribution < -0.4 is 0 Å². The standard InChI is InChI=1S/C24H23N3O/c1-16-11-20-13-21(28)10-9-19(20)15-27(16)14-17-5-4-6-18(12-17)24-25-22-7-2-3-8-23(22)26-24/h2-10,12-13,16,28H,11,14-15H2,1H3,(H,25,26). The quantitative estimate of drug-likeness (QED) is 0.541. The van der Waals surface area contributed by atoms with Gasteiger partial charge in [0.25, 0.3) is 0 Å². The first-order chi connectivity index (χ1) is 13.7. The van der Waals surface area contributed by atoms with E-state index in [1.54, 1.807) is 6.07 Å². The fraction of sp³-hybridized carbons (Fsp3) is 0.208. The molecule has 1 atom stereocenters. The molecular formula is C24H23N3O. The van der Waals surface area contributed by atoms with Crippen molar-refractivity contribution in [2.24, 2.45) is 0 Å². The van der Waals surface area contributed by atoms with E-state index in [-0.39, 0.29) is 0 Å². The first-order valence-electron chi connectivity index (χ1n) is 9.74. The second-order valence-electron chi connectivity index (χ2n) is 7.71. The Hall–Kier alpha value is -3.11. The summed E-state index contributed by atoms with van der Waals surface area (Å²) >= 11 is 0. The van der Waals surface area contributed by atoms with Crippen molar-refractivity contribution in [3.05, 3.63) is 83.4 Å². The first-order valence-corrected chi connectivity index (χ1v) is 9.74. The molecule has 0 radical (unpaired) electrons. The van der Waals surface area contributed by atoms with Crippen LogP contribution in [0.15, 0.2) is 66.7 Å². The van der Waals surface area contributed by atoms with Crippen molar-refractivity contribution in [2.75, 3.05) is 0 Å². The number of nitrogens with one attached hydrogen (secondary N) is 1. The third-order valence-electron chi connectivity index (χ3n) is 5.68. The van der Waals surface area contributed by atoms with E-state index in [4.69, 9.17) is 4.98 Å². The number of aromatic hydroxyl groups is 1. The van der Waals surface area contributed by atoms with E-state index in [0.717, 1.165) is 41.9 Å². The molecule has 1 aromatic heterocycles. The minimum absolute atomic E-state index is 0.359. The molecule has 4 aromatic rings. The number of rotatable bonds is 3. The summed E-state index contributed by atoms with van der Waals surface area (Å²) in [6.07, 6.45) is 0.965. The number of phenols is 1. The summed E-state index contributed by atoms with van der Waals surface area (Å²) in [6, 6.07) is 22.9. The molecule has 1 unspecified atom stereocenters. The van der Waals surface area contributed by atoms with Crippen molar-refractivity contribution < 1.29 is 5.11 Å². The Bertz CT molecular complexity index is 1110. The maximum Gasteiger partial charge on any atom is 0.138 e. The average molecular weight is 369 g/mol. The summed E-state index contributed by atoms with van der Waals surface area (Å²) in [5.41, 5.74) is 7.03. The van der Waals surface area contributed by atoms with Gasteiger partial charge in [-0.3, -0.25) is 4.90 Å². The van der Waals surface area contributed by atoms with Crippen LogP contribution in [0.1, 0.15) is 23.6 Å². The Labute approximate surface area is 164 Å². The summed E-state index contributed by atoms with van der Waals surface area (Å²) in [7, 11) is 0. The summed E-state index contributed by atoms with van der Waals surface area (Å²) in [5, 5.41) is 9.74. The Morgan fingerprint density at radius 2 is 1.93 bits per heavy atom. The predicted octanol–water partition coefficient (Wildman–Crippen LogP) is 4.88. The normalized spacial score (nSPS) is 17.0. The summed E-state index contributed by atoms with van der Waals surface area (Å²) in [4.78, 5) is 10.6. The zero-order valence-electron chi connectivity index (χ0n) is 15.9. The number of H-pyrrole nitrogens is 1. The fourth-order valence-electron chi connectivity index (χ4n) is 4.13. The highest BCUT2D eigenvalue weighted by Gasteiger charge is 2.23. The van der Waals surface area contributed by atoms with E-state index in [0.29, 0.717) is 11.8 Å². The van der Waals surface area contributed by atoms with E-state index in [9.17, 15) is 5.11 Å². The number of benzene rings is 3. The van der Waals surface area contributed by atoms with E-state index in [1.165, 1.54) is 16.7 Å². The van der Waals surface area contributed by atoms with Crippen LogP contribution in [0.5, 0.6) is 5.75 Å². The lowest BCUT2D eigenvalue weighted by atomic mass is 9.94. The molecule has 0 bridgehead atoms. The lowest BCUT2D eigenvalue weighted by Gasteiger charge is -2.35. The monoisotopic (exact) mass is 369 g/mol. The van der Waals surface area contributed by atoms with Crippen LogP contribution in [0.4, 0.5) is 0 Å². The molecule has 2 N–H and O–H groups in total. The van der Waals surface area contributed by atoms with E-state index in [2.05, 4.69) is 47.1 Å². The van der Waals surface area contributed by atoms with Crippen LogP contribution in [0.3, 0.4) is 0 Å². The number of aromatic amines is 1. The van der Waals surface area contributed by atoms with E-state index in [1.807, 2.05) is 30.3 Å².